The van der Waals surface area contributed by atoms with E-state index < -0.39 is 51.1 Å². The molecule has 118 valence electrons. The highest BCUT2D eigenvalue weighted by Crippen LogP contribution is 2.42. The number of hydrogen-bond donors (Lipinski definition) is 1. The van der Waals surface area contributed by atoms with Gasteiger partial charge in [-0.05, 0) is 0 Å². The third-order valence-electron chi connectivity index (χ3n) is 3.15. The fourth-order valence-corrected chi connectivity index (χ4v) is 4.13. The van der Waals surface area contributed by atoms with Crippen LogP contribution in [0, 0.1) is 5.39 Å². The van der Waals surface area contributed by atoms with Gasteiger partial charge in [0, 0.05) is 12.5 Å². The van der Waals surface area contributed by atoms with Crippen LogP contribution in [0.5, 0.6) is 0 Å². The highest BCUT2D eigenvalue weighted by atomic mass is 32.2. The fraction of sp³-hybridized carbons (Fsp3) is 0.455. The maximum absolute atomic E-state index is 12.2. The highest BCUT2D eigenvalue weighted by molar-refractivity contribution is 7.92. The third kappa shape index (κ3) is 2.27. The molecule has 0 aromatic heterocycles. The first-order valence-corrected chi connectivity index (χ1v) is 7.68. The van der Waals surface area contributed by atoms with Crippen LogP contribution >= 0.6 is 0 Å². The smallest absolute Gasteiger partial charge is 0.458 e. The Labute approximate surface area is 125 Å². The van der Waals surface area contributed by atoms with Crippen LogP contribution in [0.2, 0.25) is 0 Å². The number of rotatable bonds is 3. The Hall–Kier alpha value is -2.61. The molecule has 0 aliphatic carbocycles. The number of nitrogens with zero attached hydrogens (tertiary/aromatic N) is 3. The maximum atomic E-state index is 12.2. The van der Waals surface area contributed by atoms with E-state index in [4.69, 9.17) is 10.1 Å². The van der Waals surface area contributed by atoms with Gasteiger partial charge in [0.25, 0.3) is 11.3 Å². The normalized spacial score (nSPS) is 22.4. The summed E-state index contributed by atoms with van der Waals surface area (Å²) in [6.07, 6.45) is 0. The molecule has 0 amide bonds. The first-order valence-electron chi connectivity index (χ1n) is 5.97. The van der Waals surface area contributed by atoms with Crippen LogP contribution < -0.4 is 0 Å². The number of sulfone groups is 1. The summed E-state index contributed by atoms with van der Waals surface area (Å²) in [5.41, 5.74) is -0.761. The molecule has 2 rings (SSSR count). The van der Waals surface area contributed by atoms with Gasteiger partial charge in [0.2, 0.25) is 5.39 Å². The Bertz CT molecular complexity index is 759. The van der Waals surface area contributed by atoms with E-state index in [2.05, 4.69) is 9.71 Å². The minimum Gasteiger partial charge on any atom is -0.489 e. The summed E-state index contributed by atoms with van der Waals surface area (Å²) in [4.78, 5) is 26.3. The number of aliphatic hydroxyl groups is 1. The summed E-state index contributed by atoms with van der Waals surface area (Å²) in [6, 6.07) is 0. The lowest BCUT2D eigenvalue weighted by Crippen LogP contribution is -2.55. The molecular weight excluding hydrogens is 318 g/mol. The number of fused-ring (bicyclic) bond motifs is 1. The van der Waals surface area contributed by atoms with Crippen molar-refractivity contribution in [2.45, 2.75) is 12.3 Å². The van der Waals surface area contributed by atoms with Crippen LogP contribution in [-0.2, 0) is 28.9 Å². The lowest BCUT2D eigenvalue weighted by atomic mass is 10.1. The van der Waals surface area contributed by atoms with Crippen LogP contribution in [0.25, 0.3) is 4.98 Å². The molecule has 2 aliphatic heterocycles. The minimum absolute atomic E-state index is 0.0400. The molecule has 0 aromatic carbocycles. The summed E-state index contributed by atoms with van der Waals surface area (Å²) in [5, 5.41) is 17.1. The Morgan fingerprint density at radius 1 is 1.50 bits per heavy atom. The number of esters is 2. The third-order valence-corrected chi connectivity index (χ3v) is 5.02. The van der Waals surface area contributed by atoms with E-state index in [1.165, 1.54) is 0 Å². The molecule has 0 saturated heterocycles. The van der Waals surface area contributed by atoms with Gasteiger partial charge in [-0.2, -0.15) is 0 Å². The van der Waals surface area contributed by atoms with E-state index in [-0.39, 0.29) is 11.3 Å². The van der Waals surface area contributed by atoms with E-state index in [0.29, 0.717) is 0 Å². The summed E-state index contributed by atoms with van der Waals surface area (Å²) < 4.78 is 33.7. The van der Waals surface area contributed by atoms with Crippen molar-refractivity contribution in [1.29, 1.82) is 5.39 Å². The van der Waals surface area contributed by atoms with Crippen LogP contribution in [-0.4, -0.2) is 55.2 Å². The number of carbonyl (C=O) groups excluding carboxylic acids is 2. The van der Waals surface area contributed by atoms with Crippen LogP contribution in [0.4, 0.5) is 0 Å². The average Bonchev–Trinajstić information content (AvgIpc) is 2.44. The van der Waals surface area contributed by atoms with Gasteiger partial charge in [-0.3, -0.25) is 9.69 Å². The largest absolute Gasteiger partial charge is 0.489 e. The zero-order valence-corrected chi connectivity index (χ0v) is 12.5. The first kappa shape index (κ1) is 15.8. The van der Waals surface area contributed by atoms with Gasteiger partial charge < -0.3 is 14.6 Å². The topological polar surface area (TPSA) is 138 Å². The summed E-state index contributed by atoms with van der Waals surface area (Å²) in [5.74, 6) is -2.86. The number of ether oxygens (including phenoxy) is 2. The molecule has 11 heteroatoms. The molecule has 2 heterocycles. The lowest BCUT2D eigenvalue weighted by Gasteiger charge is -2.38. The summed E-state index contributed by atoms with van der Waals surface area (Å²) >= 11 is 0. The van der Waals surface area contributed by atoms with E-state index >= 15 is 0 Å². The van der Waals surface area contributed by atoms with Crippen molar-refractivity contribution in [2.24, 2.45) is 0 Å². The highest BCUT2D eigenvalue weighted by Gasteiger charge is 2.62. The molecule has 1 atom stereocenters. The number of aliphatic hydroxyl groups excluding tert-OH is 1. The SMILES string of the molecule is COC(=O)C1=C(COC(C)=O)CS(=O)(=O)[C@@H]2C([N+]#N)=C(O)N12. The van der Waals surface area contributed by atoms with Gasteiger partial charge >= 0.3 is 17.6 Å². The number of hydrogen-bond acceptors (Lipinski definition) is 9. The molecule has 22 heavy (non-hydrogen) atoms. The van der Waals surface area contributed by atoms with E-state index in [1.807, 2.05) is 0 Å². The van der Waals surface area contributed by atoms with Crippen molar-refractivity contribution in [3.63, 3.8) is 0 Å². The van der Waals surface area contributed by atoms with Gasteiger partial charge in [-0.1, -0.05) is 0 Å². The van der Waals surface area contributed by atoms with Crippen molar-refractivity contribution in [3.8, 4) is 0 Å². The monoisotopic (exact) mass is 330 g/mol. The fourth-order valence-electron chi connectivity index (χ4n) is 2.25. The zero-order chi connectivity index (χ0) is 16.7. The van der Waals surface area contributed by atoms with E-state index in [9.17, 15) is 23.1 Å². The van der Waals surface area contributed by atoms with Crippen molar-refractivity contribution >= 4 is 21.8 Å². The van der Waals surface area contributed by atoms with Gasteiger partial charge in [0.1, 0.15) is 12.3 Å². The van der Waals surface area contributed by atoms with Crippen molar-refractivity contribution < 1.29 is 32.6 Å². The predicted octanol–water partition coefficient (Wildman–Crippen LogP) is -0.373. The standard InChI is InChI=1S/C11H11N3O7S/c1-5(15)21-3-6-4-22(18,19)10-7(13-12)9(16)14(10)8(6)11(17)20-2/h10H,3-4H2,1-2H3/p+1/t10-/m1/s1. The van der Waals surface area contributed by atoms with Crippen molar-refractivity contribution in [2.75, 3.05) is 19.5 Å². The van der Waals surface area contributed by atoms with Gasteiger partial charge in [-0.25, -0.2) is 13.2 Å². The predicted molar refractivity (Wildman–Crippen MR) is 69.8 cm³/mol. The first-order chi connectivity index (χ1) is 10.2. The Balaban J connectivity index is 2.57. The Morgan fingerprint density at radius 3 is 2.64 bits per heavy atom. The van der Waals surface area contributed by atoms with Crippen molar-refractivity contribution in [1.82, 2.24) is 4.90 Å². The van der Waals surface area contributed by atoms with Crippen LogP contribution in [0.1, 0.15) is 6.92 Å². The van der Waals surface area contributed by atoms with Crippen LogP contribution in [0.3, 0.4) is 0 Å². The molecule has 0 spiro atoms. The Kier molecular flexibility index (Phi) is 3.80. The maximum Gasteiger partial charge on any atom is 0.458 e. The second-order valence-electron chi connectivity index (χ2n) is 4.56. The lowest BCUT2D eigenvalue weighted by molar-refractivity contribution is -0.141. The average molecular weight is 330 g/mol. The summed E-state index contributed by atoms with van der Waals surface area (Å²) in [6.45, 7) is 0.684. The van der Waals surface area contributed by atoms with Crippen LogP contribution in [0.15, 0.2) is 22.9 Å². The molecular formula is C11H12N3O7S+. The zero-order valence-electron chi connectivity index (χ0n) is 11.6. The Morgan fingerprint density at radius 2 is 2.14 bits per heavy atom. The molecule has 0 unspecified atom stereocenters. The number of carbonyl (C=O) groups is 2. The minimum atomic E-state index is -3.89. The second-order valence-corrected chi connectivity index (χ2v) is 6.62. The van der Waals surface area contributed by atoms with E-state index in [0.717, 1.165) is 18.9 Å². The molecule has 1 N–H and O–H groups in total. The molecule has 0 saturated carbocycles. The van der Waals surface area contributed by atoms with Gasteiger partial charge in [0.05, 0.1) is 12.9 Å². The molecule has 2 aliphatic rings. The van der Waals surface area contributed by atoms with Crippen molar-refractivity contribution in [3.05, 3.63) is 27.8 Å². The molecule has 0 bridgehead atoms. The number of methoxy groups -OCH3 is 1. The van der Waals surface area contributed by atoms with E-state index in [1.54, 1.807) is 0 Å². The van der Waals surface area contributed by atoms with Gasteiger partial charge in [-0.15, -0.1) is 0 Å². The molecule has 0 aromatic rings. The number of diazo groups is 1. The summed E-state index contributed by atoms with van der Waals surface area (Å²) in [7, 11) is -2.81. The molecule has 0 fully saturated rings. The quantitative estimate of drug-likeness (QED) is 0.542. The van der Waals surface area contributed by atoms with Gasteiger partial charge in [0.15, 0.2) is 14.8 Å². The second kappa shape index (κ2) is 5.30. The molecule has 0 radical (unpaired) electrons. The molecule has 10 nitrogen and oxygen atoms in total.